The average molecular weight is 262 g/mol. The largest absolute Gasteiger partial charge is 0.479 e. The summed E-state index contributed by atoms with van der Waals surface area (Å²) >= 11 is 0. The Labute approximate surface area is 115 Å². The Balaban J connectivity index is 2.56. The summed E-state index contributed by atoms with van der Waals surface area (Å²) in [5.74, 6) is 0.687. The van der Waals surface area contributed by atoms with Gasteiger partial charge in [-0.1, -0.05) is 13.8 Å². The number of nitrogens with one attached hydrogen (secondary N) is 1. The fourth-order valence-corrected chi connectivity index (χ4v) is 1.85. The molecule has 0 aliphatic heterocycles. The number of hydrogen-bond donors (Lipinski definition) is 2. The van der Waals surface area contributed by atoms with Gasteiger partial charge in [-0.25, -0.2) is 0 Å². The number of nitrogens with zero attached hydrogens (tertiary/aromatic N) is 1. The third kappa shape index (κ3) is 4.46. The molecule has 1 rings (SSSR count). The maximum Gasteiger partial charge on any atom is 0.174 e. The van der Waals surface area contributed by atoms with Crippen molar-refractivity contribution >= 4 is 5.69 Å². The Morgan fingerprint density at radius 2 is 1.89 bits per heavy atom. The second-order valence-electron chi connectivity index (χ2n) is 4.69. The van der Waals surface area contributed by atoms with Gasteiger partial charge in [0, 0.05) is 17.6 Å². The Morgan fingerprint density at radius 1 is 1.26 bits per heavy atom. The highest BCUT2D eigenvalue weighted by atomic mass is 16.5. The van der Waals surface area contributed by atoms with Crippen LogP contribution in [-0.2, 0) is 0 Å². The summed E-state index contributed by atoms with van der Waals surface area (Å²) in [5.41, 5.74) is 0.930. The van der Waals surface area contributed by atoms with E-state index in [1.54, 1.807) is 0 Å². The van der Waals surface area contributed by atoms with E-state index in [-0.39, 0.29) is 18.6 Å². The highest BCUT2D eigenvalue weighted by molar-refractivity contribution is 5.46. The zero-order valence-corrected chi connectivity index (χ0v) is 11.6. The zero-order valence-electron chi connectivity index (χ0n) is 11.6. The molecule has 19 heavy (non-hydrogen) atoms. The van der Waals surface area contributed by atoms with Gasteiger partial charge in [0.1, 0.15) is 11.8 Å². The van der Waals surface area contributed by atoms with Gasteiger partial charge in [0.05, 0.1) is 6.61 Å². The monoisotopic (exact) mass is 262 g/mol. The van der Waals surface area contributed by atoms with Crippen LogP contribution < -0.4 is 10.1 Å². The van der Waals surface area contributed by atoms with Crippen molar-refractivity contribution < 1.29 is 9.84 Å². The molecule has 0 spiro atoms. The fraction of sp³-hybridized carbons (Fsp3) is 0.533. The van der Waals surface area contributed by atoms with Crippen LogP contribution in [0.1, 0.15) is 26.7 Å². The highest BCUT2D eigenvalue weighted by Crippen LogP contribution is 2.26. The highest BCUT2D eigenvalue weighted by Gasteiger charge is 2.24. The summed E-state index contributed by atoms with van der Waals surface area (Å²) in [6.45, 7) is 5.19. The van der Waals surface area contributed by atoms with Crippen LogP contribution in [0.25, 0.3) is 0 Å². The van der Waals surface area contributed by atoms with E-state index >= 15 is 0 Å². The Hall–Kier alpha value is -1.73. The van der Waals surface area contributed by atoms with E-state index < -0.39 is 0 Å². The zero-order chi connectivity index (χ0) is 14.1. The Bertz CT molecular complexity index is 397. The van der Waals surface area contributed by atoms with E-state index in [1.165, 1.54) is 0 Å². The summed E-state index contributed by atoms with van der Waals surface area (Å²) < 4.78 is 5.19. The third-order valence-electron chi connectivity index (χ3n) is 3.66. The summed E-state index contributed by atoms with van der Waals surface area (Å²) in [7, 11) is 0. The van der Waals surface area contributed by atoms with Crippen molar-refractivity contribution in [3.63, 3.8) is 0 Å². The normalized spacial score (nSPS) is 10.8. The lowest BCUT2D eigenvalue weighted by molar-refractivity contribution is 0.127. The average Bonchev–Trinajstić information content (AvgIpc) is 2.48. The molecule has 0 radical (unpaired) electrons. The minimum absolute atomic E-state index is 0.0595. The quantitative estimate of drug-likeness (QED) is 0.756. The molecule has 0 amide bonds. The molecule has 0 heterocycles. The molecule has 104 valence electrons. The first kappa shape index (κ1) is 15.3. The predicted octanol–water partition coefficient (Wildman–Crippen LogP) is 2.80. The molecule has 0 atom stereocenters. The second kappa shape index (κ2) is 7.65. The summed E-state index contributed by atoms with van der Waals surface area (Å²) in [5, 5.41) is 21.3. The van der Waals surface area contributed by atoms with Crippen LogP contribution in [0.2, 0.25) is 0 Å². The first-order valence-corrected chi connectivity index (χ1v) is 6.64. The van der Waals surface area contributed by atoms with Crippen LogP contribution in [0.15, 0.2) is 24.3 Å². The van der Waals surface area contributed by atoms with Gasteiger partial charge in [-0.15, -0.1) is 0 Å². The molecule has 0 fully saturated rings. The molecular weight excluding hydrogens is 240 g/mol. The minimum atomic E-state index is -0.0595. The molecule has 0 aliphatic carbocycles. The summed E-state index contributed by atoms with van der Waals surface area (Å²) in [6.07, 6.45) is 1.88. The lowest BCUT2D eigenvalue weighted by atomic mass is 9.83. The third-order valence-corrected chi connectivity index (χ3v) is 3.66. The van der Waals surface area contributed by atoms with Crippen molar-refractivity contribution in [2.24, 2.45) is 5.41 Å². The van der Waals surface area contributed by atoms with Gasteiger partial charge in [-0.2, -0.15) is 5.26 Å². The van der Waals surface area contributed by atoms with Gasteiger partial charge < -0.3 is 15.2 Å². The second-order valence-corrected chi connectivity index (χ2v) is 4.69. The van der Waals surface area contributed by atoms with Crippen molar-refractivity contribution in [1.82, 2.24) is 0 Å². The van der Waals surface area contributed by atoms with Crippen molar-refractivity contribution in [2.75, 3.05) is 25.1 Å². The SMILES string of the molecule is CCC(CC)(CO)CNc1ccc(OCC#N)cc1. The van der Waals surface area contributed by atoms with Crippen LogP contribution in [0.4, 0.5) is 5.69 Å². The Kier molecular flexibility index (Phi) is 6.17. The number of nitriles is 1. The maximum atomic E-state index is 9.51. The van der Waals surface area contributed by atoms with E-state index in [4.69, 9.17) is 10.00 Å². The van der Waals surface area contributed by atoms with Crippen LogP contribution in [0, 0.1) is 16.7 Å². The molecule has 0 saturated carbocycles. The number of hydrogen-bond acceptors (Lipinski definition) is 4. The van der Waals surface area contributed by atoms with Gasteiger partial charge in [0.15, 0.2) is 6.61 Å². The van der Waals surface area contributed by atoms with Gasteiger partial charge in [-0.05, 0) is 37.1 Å². The molecule has 2 N–H and O–H groups in total. The summed E-state index contributed by atoms with van der Waals surface area (Å²) in [4.78, 5) is 0. The minimum Gasteiger partial charge on any atom is -0.479 e. The molecular formula is C15H22N2O2. The van der Waals surface area contributed by atoms with Crippen LogP contribution in [0.5, 0.6) is 5.75 Å². The number of ether oxygens (including phenoxy) is 1. The maximum absolute atomic E-state index is 9.51. The standard InChI is InChI=1S/C15H22N2O2/c1-3-15(4-2,12-18)11-17-13-5-7-14(8-6-13)19-10-9-16/h5-8,17-18H,3-4,10-12H2,1-2H3. The lowest BCUT2D eigenvalue weighted by Crippen LogP contribution is -2.32. The number of aliphatic hydroxyl groups is 1. The van der Waals surface area contributed by atoms with Gasteiger partial charge in [0.2, 0.25) is 0 Å². The van der Waals surface area contributed by atoms with E-state index in [0.717, 1.165) is 25.1 Å². The lowest BCUT2D eigenvalue weighted by Gasteiger charge is -2.30. The van der Waals surface area contributed by atoms with Gasteiger partial charge in [-0.3, -0.25) is 0 Å². The van der Waals surface area contributed by atoms with Crippen LogP contribution in [0.3, 0.4) is 0 Å². The predicted molar refractivity (Wildman–Crippen MR) is 76.1 cm³/mol. The molecule has 0 aliphatic rings. The molecule has 0 aromatic heterocycles. The molecule has 4 nitrogen and oxygen atoms in total. The van der Waals surface area contributed by atoms with Crippen molar-refractivity contribution in [3.8, 4) is 11.8 Å². The topological polar surface area (TPSA) is 65.3 Å². The van der Waals surface area contributed by atoms with E-state index in [9.17, 15) is 5.11 Å². The van der Waals surface area contributed by atoms with Crippen LogP contribution in [-0.4, -0.2) is 24.9 Å². The van der Waals surface area contributed by atoms with E-state index in [2.05, 4.69) is 19.2 Å². The van der Waals surface area contributed by atoms with Gasteiger partial charge in [0.25, 0.3) is 0 Å². The smallest absolute Gasteiger partial charge is 0.174 e. The van der Waals surface area contributed by atoms with Crippen molar-refractivity contribution in [2.45, 2.75) is 26.7 Å². The first-order chi connectivity index (χ1) is 9.19. The van der Waals surface area contributed by atoms with Crippen molar-refractivity contribution in [1.29, 1.82) is 5.26 Å². The molecule has 0 saturated heterocycles. The Morgan fingerprint density at radius 3 is 2.37 bits per heavy atom. The molecule has 0 unspecified atom stereocenters. The van der Waals surface area contributed by atoms with Crippen LogP contribution >= 0.6 is 0 Å². The van der Waals surface area contributed by atoms with E-state index in [1.807, 2.05) is 30.3 Å². The number of anilines is 1. The fourth-order valence-electron chi connectivity index (χ4n) is 1.85. The summed E-state index contributed by atoms with van der Waals surface area (Å²) in [6, 6.07) is 9.43. The van der Waals surface area contributed by atoms with Gasteiger partial charge >= 0.3 is 0 Å². The first-order valence-electron chi connectivity index (χ1n) is 6.64. The molecule has 1 aromatic carbocycles. The number of aliphatic hydroxyl groups excluding tert-OH is 1. The number of benzene rings is 1. The molecule has 1 aromatic rings. The molecule has 0 bridgehead atoms. The number of rotatable bonds is 8. The molecule has 4 heteroatoms. The van der Waals surface area contributed by atoms with Crippen molar-refractivity contribution in [3.05, 3.63) is 24.3 Å². The van der Waals surface area contributed by atoms with E-state index in [0.29, 0.717) is 5.75 Å².